The molecule has 0 radical (unpaired) electrons. The Kier molecular flexibility index (Phi) is 3.99. The Morgan fingerprint density at radius 3 is 3.00 bits per heavy atom. The first-order valence-corrected chi connectivity index (χ1v) is 8.24. The molecule has 1 saturated heterocycles. The number of fused-ring (bicyclic) bond motifs is 1. The minimum atomic E-state index is 0.0327. The SMILES string of the molecule is CC(=O)SC1CC(=O)N(c2ccnc3ccc(Br)cc23)C1. The van der Waals surface area contributed by atoms with Crippen LogP contribution in [0.15, 0.2) is 34.9 Å². The fraction of sp³-hybridized carbons (Fsp3) is 0.267. The summed E-state index contributed by atoms with van der Waals surface area (Å²) >= 11 is 4.70. The molecule has 3 rings (SSSR count). The molecule has 1 atom stereocenters. The van der Waals surface area contributed by atoms with E-state index in [1.165, 1.54) is 18.7 Å². The monoisotopic (exact) mass is 364 g/mol. The van der Waals surface area contributed by atoms with Gasteiger partial charge >= 0.3 is 0 Å². The molecule has 1 amide bonds. The number of rotatable bonds is 2. The minimum Gasteiger partial charge on any atom is -0.311 e. The molecule has 0 aliphatic carbocycles. The van der Waals surface area contributed by atoms with Crippen molar-refractivity contribution < 1.29 is 9.59 Å². The van der Waals surface area contributed by atoms with Gasteiger partial charge in [-0.05, 0) is 24.3 Å². The largest absolute Gasteiger partial charge is 0.311 e. The van der Waals surface area contributed by atoms with Gasteiger partial charge in [-0.2, -0.15) is 0 Å². The Morgan fingerprint density at radius 1 is 1.43 bits per heavy atom. The van der Waals surface area contributed by atoms with Crippen LogP contribution in [0.5, 0.6) is 0 Å². The number of halogens is 1. The average Bonchev–Trinajstić information content (AvgIpc) is 2.77. The van der Waals surface area contributed by atoms with E-state index >= 15 is 0 Å². The fourth-order valence-corrected chi connectivity index (χ4v) is 3.84. The summed E-state index contributed by atoms with van der Waals surface area (Å²) in [7, 11) is 0. The van der Waals surface area contributed by atoms with Crippen LogP contribution in [-0.4, -0.2) is 27.8 Å². The van der Waals surface area contributed by atoms with Gasteiger partial charge in [0.05, 0.1) is 11.2 Å². The molecule has 0 N–H and O–H groups in total. The van der Waals surface area contributed by atoms with Gasteiger partial charge in [0.2, 0.25) is 5.91 Å². The van der Waals surface area contributed by atoms with E-state index in [1.54, 1.807) is 11.1 Å². The number of hydrogen-bond donors (Lipinski definition) is 0. The molecule has 21 heavy (non-hydrogen) atoms. The van der Waals surface area contributed by atoms with Crippen LogP contribution in [0, 0.1) is 0 Å². The lowest BCUT2D eigenvalue weighted by Gasteiger charge is -2.18. The second-order valence-corrected chi connectivity index (χ2v) is 7.32. The van der Waals surface area contributed by atoms with Crippen molar-refractivity contribution in [2.45, 2.75) is 18.6 Å². The van der Waals surface area contributed by atoms with Crippen LogP contribution in [-0.2, 0) is 9.59 Å². The molecule has 1 aromatic heterocycles. The Balaban J connectivity index is 1.99. The molecule has 6 heteroatoms. The van der Waals surface area contributed by atoms with E-state index in [1.807, 2.05) is 24.3 Å². The number of benzene rings is 1. The highest BCUT2D eigenvalue weighted by molar-refractivity contribution is 9.10. The van der Waals surface area contributed by atoms with Crippen LogP contribution in [0.3, 0.4) is 0 Å². The van der Waals surface area contributed by atoms with Gasteiger partial charge in [-0.3, -0.25) is 14.6 Å². The van der Waals surface area contributed by atoms with Crippen molar-refractivity contribution in [2.75, 3.05) is 11.4 Å². The van der Waals surface area contributed by atoms with Crippen LogP contribution in [0.25, 0.3) is 10.9 Å². The first-order chi connectivity index (χ1) is 10.0. The van der Waals surface area contributed by atoms with E-state index in [4.69, 9.17) is 0 Å². The standard InChI is InChI=1S/C15H13BrN2O2S/c1-9(19)21-11-7-15(20)18(8-11)14-4-5-17-13-3-2-10(16)6-12(13)14/h2-6,11H,7-8H2,1H3. The Labute approximate surface area is 135 Å². The van der Waals surface area contributed by atoms with E-state index in [0.29, 0.717) is 13.0 Å². The van der Waals surface area contributed by atoms with Gasteiger partial charge in [-0.25, -0.2) is 0 Å². The first-order valence-electron chi connectivity index (χ1n) is 6.56. The Bertz CT molecular complexity index is 735. The maximum Gasteiger partial charge on any atom is 0.228 e. The molecule has 1 fully saturated rings. The zero-order valence-electron chi connectivity index (χ0n) is 11.4. The molecule has 2 aromatic rings. The highest BCUT2D eigenvalue weighted by Crippen LogP contribution is 2.33. The van der Waals surface area contributed by atoms with Gasteiger partial charge in [0.25, 0.3) is 0 Å². The zero-order valence-corrected chi connectivity index (χ0v) is 13.8. The van der Waals surface area contributed by atoms with Crippen LogP contribution in [0.4, 0.5) is 5.69 Å². The Hall–Kier alpha value is -1.40. The second kappa shape index (κ2) is 5.77. The van der Waals surface area contributed by atoms with Crippen molar-refractivity contribution in [1.29, 1.82) is 0 Å². The van der Waals surface area contributed by atoms with Crippen LogP contribution < -0.4 is 4.90 Å². The predicted molar refractivity (Wildman–Crippen MR) is 88.5 cm³/mol. The highest BCUT2D eigenvalue weighted by Gasteiger charge is 2.32. The molecule has 1 aliphatic rings. The third kappa shape index (κ3) is 2.96. The number of nitrogens with zero attached hydrogens (tertiary/aromatic N) is 2. The summed E-state index contributed by atoms with van der Waals surface area (Å²) in [4.78, 5) is 29.6. The van der Waals surface area contributed by atoms with Crippen LogP contribution in [0.1, 0.15) is 13.3 Å². The molecule has 4 nitrogen and oxygen atoms in total. The lowest BCUT2D eigenvalue weighted by atomic mass is 10.2. The lowest BCUT2D eigenvalue weighted by Crippen LogP contribution is -2.25. The van der Waals surface area contributed by atoms with Crippen molar-refractivity contribution in [1.82, 2.24) is 4.98 Å². The fourth-order valence-electron chi connectivity index (χ4n) is 2.56. The molecule has 0 bridgehead atoms. The van der Waals surface area contributed by atoms with E-state index in [9.17, 15) is 9.59 Å². The van der Waals surface area contributed by atoms with Gasteiger partial charge in [0.15, 0.2) is 5.12 Å². The van der Waals surface area contributed by atoms with E-state index in [2.05, 4.69) is 20.9 Å². The molecule has 1 unspecified atom stereocenters. The zero-order chi connectivity index (χ0) is 15.0. The van der Waals surface area contributed by atoms with Gasteiger partial charge < -0.3 is 4.90 Å². The number of thioether (sulfide) groups is 1. The quantitative estimate of drug-likeness (QED) is 0.819. The second-order valence-electron chi connectivity index (χ2n) is 4.93. The molecule has 2 heterocycles. The lowest BCUT2D eigenvalue weighted by molar-refractivity contribution is -0.117. The molecule has 1 aliphatic heterocycles. The third-order valence-corrected chi connectivity index (χ3v) is 4.87. The summed E-state index contributed by atoms with van der Waals surface area (Å²) in [6.45, 7) is 2.10. The van der Waals surface area contributed by atoms with Crippen LogP contribution >= 0.6 is 27.7 Å². The molecule has 108 valence electrons. The number of anilines is 1. The predicted octanol–water partition coefficient (Wildman–Crippen LogP) is 3.38. The van der Waals surface area contributed by atoms with Crippen molar-refractivity contribution in [3.05, 3.63) is 34.9 Å². The maximum atomic E-state index is 12.3. The number of aromatic nitrogens is 1. The van der Waals surface area contributed by atoms with Gasteiger partial charge in [-0.1, -0.05) is 27.7 Å². The number of amides is 1. The molecular weight excluding hydrogens is 352 g/mol. The number of pyridine rings is 1. The van der Waals surface area contributed by atoms with Crippen molar-refractivity contribution in [2.24, 2.45) is 0 Å². The third-order valence-electron chi connectivity index (χ3n) is 3.39. The van der Waals surface area contributed by atoms with E-state index in [0.717, 1.165) is 21.1 Å². The summed E-state index contributed by atoms with van der Waals surface area (Å²) in [5, 5.41) is 1.02. The van der Waals surface area contributed by atoms with Gasteiger partial charge in [0, 0.05) is 41.2 Å². The summed E-state index contributed by atoms with van der Waals surface area (Å²) in [5.74, 6) is 0.0567. The molecule has 1 aromatic carbocycles. The normalized spacial score (nSPS) is 18.5. The van der Waals surface area contributed by atoms with E-state index in [-0.39, 0.29) is 16.3 Å². The smallest absolute Gasteiger partial charge is 0.228 e. The number of carbonyl (C=O) groups excluding carboxylic acids is 2. The van der Waals surface area contributed by atoms with Gasteiger partial charge in [-0.15, -0.1) is 0 Å². The van der Waals surface area contributed by atoms with Crippen molar-refractivity contribution in [3.8, 4) is 0 Å². The average molecular weight is 365 g/mol. The van der Waals surface area contributed by atoms with Gasteiger partial charge in [0.1, 0.15) is 0 Å². The Morgan fingerprint density at radius 2 is 2.24 bits per heavy atom. The summed E-state index contributed by atoms with van der Waals surface area (Å²) in [6, 6.07) is 7.68. The number of carbonyl (C=O) groups is 2. The summed E-state index contributed by atoms with van der Waals surface area (Å²) in [6.07, 6.45) is 2.12. The minimum absolute atomic E-state index is 0.0327. The first kappa shape index (κ1) is 14.5. The molecule has 0 saturated carbocycles. The highest BCUT2D eigenvalue weighted by atomic mass is 79.9. The van der Waals surface area contributed by atoms with Crippen molar-refractivity contribution >= 4 is 55.3 Å². The van der Waals surface area contributed by atoms with Crippen molar-refractivity contribution in [3.63, 3.8) is 0 Å². The molecular formula is C15H13BrN2O2S. The number of hydrogen-bond acceptors (Lipinski definition) is 4. The maximum absolute atomic E-state index is 12.3. The summed E-state index contributed by atoms with van der Waals surface area (Å²) < 4.78 is 0.950. The topological polar surface area (TPSA) is 50.3 Å². The molecule has 0 spiro atoms. The summed E-state index contributed by atoms with van der Waals surface area (Å²) in [5.41, 5.74) is 1.71. The van der Waals surface area contributed by atoms with E-state index < -0.39 is 0 Å². The van der Waals surface area contributed by atoms with Crippen LogP contribution in [0.2, 0.25) is 0 Å².